The summed E-state index contributed by atoms with van der Waals surface area (Å²) in [6.45, 7) is 4.08. The molecule has 6 heteroatoms. The molecule has 30 heavy (non-hydrogen) atoms. The Hall–Kier alpha value is -2.92. The summed E-state index contributed by atoms with van der Waals surface area (Å²) in [5, 5.41) is 3.37. The first-order valence-electron chi connectivity index (χ1n) is 10.2. The molecule has 0 bridgehead atoms. The molecule has 0 spiro atoms. The third-order valence-corrected chi connectivity index (χ3v) is 5.60. The van der Waals surface area contributed by atoms with Crippen molar-refractivity contribution in [1.29, 1.82) is 0 Å². The van der Waals surface area contributed by atoms with E-state index in [-0.39, 0.29) is 17.4 Å². The Morgan fingerprint density at radius 1 is 1.17 bits per heavy atom. The number of aromatic amines is 1. The topological polar surface area (TPSA) is 74.8 Å². The van der Waals surface area contributed by atoms with Gasteiger partial charge in [-0.05, 0) is 42.0 Å². The van der Waals surface area contributed by atoms with E-state index in [1.807, 2.05) is 38.1 Å². The van der Waals surface area contributed by atoms with E-state index in [0.29, 0.717) is 34.6 Å². The lowest BCUT2D eigenvalue weighted by Gasteiger charge is -2.11. The van der Waals surface area contributed by atoms with Crippen LogP contribution in [-0.4, -0.2) is 15.9 Å². The predicted octanol–water partition coefficient (Wildman–Crippen LogP) is 4.91. The van der Waals surface area contributed by atoms with E-state index in [2.05, 4.69) is 27.4 Å². The normalized spacial score (nSPS) is 13.5. The molecule has 1 aromatic heterocycles. The zero-order valence-electron chi connectivity index (χ0n) is 17.0. The van der Waals surface area contributed by atoms with Gasteiger partial charge in [-0.3, -0.25) is 9.59 Å². The summed E-state index contributed by atoms with van der Waals surface area (Å²) in [6, 6.07) is 15.2. The van der Waals surface area contributed by atoms with E-state index < -0.39 is 0 Å². The molecule has 0 saturated heterocycles. The maximum Gasteiger partial charge on any atom is 0.251 e. The van der Waals surface area contributed by atoms with Gasteiger partial charge in [0.15, 0.2) is 0 Å². The number of halogens is 1. The van der Waals surface area contributed by atoms with Gasteiger partial charge in [0.1, 0.15) is 5.82 Å². The van der Waals surface area contributed by atoms with E-state index >= 15 is 0 Å². The van der Waals surface area contributed by atoms with Crippen molar-refractivity contribution >= 4 is 17.5 Å². The van der Waals surface area contributed by atoms with E-state index in [4.69, 9.17) is 11.6 Å². The van der Waals surface area contributed by atoms with Crippen LogP contribution in [0.5, 0.6) is 0 Å². The number of hydrogen-bond donors (Lipinski definition) is 2. The first-order valence-corrected chi connectivity index (χ1v) is 10.6. The van der Waals surface area contributed by atoms with Crippen LogP contribution in [0.3, 0.4) is 0 Å². The molecule has 0 aliphatic heterocycles. The van der Waals surface area contributed by atoms with Crippen molar-refractivity contribution in [2.75, 3.05) is 0 Å². The van der Waals surface area contributed by atoms with Gasteiger partial charge < -0.3 is 10.3 Å². The summed E-state index contributed by atoms with van der Waals surface area (Å²) in [5.74, 6) is 0.984. The molecule has 1 aliphatic carbocycles. The van der Waals surface area contributed by atoms with Crippen molar-refractivity contribution in [3.63, 3.8) is 0 Å². The van der Waals surface area contributed by atoms with Gasteiger partial charge in [-0.2, -0.15) is 0 Å². The number of amides is 1. The Labute approximate surface area is 180 Å². The van der Waals surface area contributed by atoms with Crippen LogP contribution in [0, 0.1) is 5.92 Å². The number of benzene rings is 2. The molecular weight excluding hydrogens is 398 g/mol. The number of nitrogens with one attached hydrogen (secondary N) is 2. The third-order valence-electron chi connectivity index (χ3n) is 5.27. The van der Waals surface area contributed by atoms with Crippen molar-refractivity contribution in [1.82, 2.24) is 15.3 Å². The van der Waals surface area contributed by atoms with Crippen LogP contribution in [-0.2, 0) is 11.3 Å². The summed E-state index contributed by atoms with van der Waals surface area (Å²) >= 11 is 6.41. The molecule has 5 nitrogen and oxygen atoms in total. The van der Waals surface area contributed by atoms with Gasteiger partial charge in [0.25, 0.3) is 5.56 Å². The fourth-order valence-corrected chi connectivity index (χ4v) is 3.54. The van der Waals surface area contributed by atoms with Gasteiger partial charge in [-0.15, -0.1) is 0 Å². The van der Waals surface area contributed by atoms with Crippen molar-refractivity contribution in [3.8, 4) is 22.6 Å². The maximum absolute atomic E-state index is 12.3. The Morgan fingerprint density at radius 3 is 2.57 bits per heavy atom. The number of H-pyrrole nitrogens is 1. The Balaban J connectivity index is 1.64. The first kappa shape index (κ1) is 20.4. The van der Waals surface area contributed by atoms with E-state index in [9.17, 15) is 9.59 Å². The number of nitrogens with zero attached hydrogens (tertiary/aromatic N) is 1. The van der Waals surface area contributed by atoms with Gasteiger partial charge >= 0.3 is 0 Å². The second kappa shape index (κ2) is 8.44. The predicted molar refractivity (Wildman–Crippen MR) is 119 cm³/mol. The largest absolute Gasteiger partial charge is 0.352 e. The minimum Gasteiger partial charge on any atom is -0.352 e. The summed E-state index contributed by atoms with van der Waals surface area (Å²) in [4.78, 5) is 31.6. The smallest absolute Gasteiger partial charge is 0.251 e. The average Bonchev–Trinajstić information content (AvgIpc) is 3.58. The molecule has 0 unspecified atom stereocenters. The fourth-order valence-electron chi connectivity index (χ4n) is 3.33. The summed E-state index contributed by atoms with van der Waals surface area (Å²) < 4.78 is 0. The van der Waals surface area contributed by atoms with Gasteiger partial charge in [-0.1, -0.05) is 55.8 Å². The van der Waals surface area contributed by atoms with Crippen molar-refractivity contribution in [2.24, 2.45) is 5.92 Å². The highest BCUT2D eigenvalue weighted by atomic mass is 35.5. The van der Waals surface area contributed by atoms with Gasteiger partial charge in [0, 0.05) is 29.7 Å². The van der Waals surface area contributed by atoms with Gasteiger partial charge in [0.2, 0.25) is 5.91 Å². The van der Waals surface area contributed by atoms with E-state index in [0.717, 1.165) is 11.1 Å². The highest BCUT2D eigenvalue weighted by Gasteiger charge is 2.23. The highest BCUT2D eigenvalue weighted by molar-refractivity contribution is 6.33. The monoisotopic (exact) mass is 421 g/mol. The molecule has 1 heterocycles. The molecule has 3 aromatic rings. The van der Waals surface area contributed by atoms with Crippen LogP contribution in [0.15, 0.2) is 53.3 Å². The number of carbonyl (C=O) groups excluding carboxylic acids is 1. The molecular formula is C24H24ClN3O2. The van der Waals surface area contributed by atoms with Crippen LogP contribution in [0.1, 0.15) is 43.7 Å². The van der Waals surface area contributed by atoms with Crippen LogP contribution in [0.2, 0.25) is 5.02 Å². The Bertz CT molecular complexity index is 1130. The van der Waals surface area contributed by atoms with Gasteiger partial charge in [-0.25, -0.2) is 4.98 Å². The zero-order chi connectivity index (χ0) is 21.3. The average molecular weight is 422 g/mol. The summed E-state index contributed by atoms with van der Waals surface area (Å²) in [6.07, 6.45) is 2.50. The fraction of sp³-hybridized carbons (Fsp3) is 0.292. The molecule has 154 valence electrons. The number of hydrogen-bond acceptors (Lipinski definition) is 3. The summed E-state index contributed by atoms with van der Waals surface area (Å²) in [5.41, 5.74) is 4.10. The molecule has 0 atom stereocenters. The van der Waals surface area contributed by atoms with Crippen molar-refractivity contribution < 1.29 is 4.79 Å². The third kappa shape index (κ3) is 4.62. The maximum atomic E-state index is 12.3. The number of rotatable bonds is 6. The molecule has 4 rings (SSSR count). The first-order chi connectivity index (χ1) is 14.4. The lowest BCUT2D eigenvalue weighted by atomic mass is 10.1. The van der Waals surface area contributed by atoms with Gasteiger partial charge in [0.05, 0.1) is 10.7 Å². The minimum absolute atomic E-state index is 0.0188. The molecule has 0 radical (unpaired) electrons. The lowest BCUT2D eigenvalue weighted by Crippen LogP contribution is -2.27. The summed E-state index contributed by atoms with van der Waals surface area (Å²) in [7, 11) is 0. The minimum atomic E-state index is -0.240. The van der Waals surface area contributed by atoms with Crippen LogP contribution in [0.4, 0.5) is 0 Å². The molecule has 1 fully saturated rings. The Morgan fingerprint density at radius 2 is 1.90 bits per heavy atom. The lowest BCUT2D eigenvalue weighted by molar-refractivity contribution is -0.124. The van der Waals surface area contributed by atoms with E-state index in [1.54, 1.807) is 6.07 Å². The second-order valence-electron chi connectivity index (χ2n) is 8.06. The molecule has 1 amide bonds. The molecule has 1 aliphatic rings. The molecule has 2 N–H and O–H groups in total. The van der Waals surface area contributed by atoms with Crippen molar-refractivity contribution in [2.45, 2.75) is 39.2 Å². The van der Waals surface area contributed by atoms with E-state index in [1.165, 1.54) is 24.5 Å². The van der Waals surface area contributed by atoms with Crippen molar-refractivity contribution in [3.05, 3.63) is 75.0 Å². The number of carbonyl (C=O) groups is 1. The SMILES string of the molecule is CC(C)C(=O)NCc1ccc(Cl)c(-c2nc(-c3ccc(C4CC4)cc3)cc(=O)[nH]2)c1. The van der Waals surface area contributed by atoms with Crippen LogP contribution >= 0.6 is 11.6 Å². The quantitative estimate of drug-likeness (QED) is 0.594. The molecule has 2 aromatic carbocycles. The molecule has 1 saturated carbocycles. The van der Waals surface area contributed by atoms with Crippen LogP contribution < -0.4 is 10.9 Å². The highest BCUT2D eigenvalue weighted by Crippen LogP contribution is 2.40. The standard InChI is InChI=1S/C24H24ClN3O2/c1-14(2)24(30)26-13-15-3-10-20(25)19(11-15)23-27-21(12-22(29)28-23)18-8-6-17(7-9-18)16-4-5-16/h3,6-12,14,16H,4-5,13H2,1-2H3,(H,26,30)(H,27,28,29). The van der Waals surface area contributed by atoms with Crippen LogP contribution in [0.25, 0.3) is 22.6 Å². The number of aromatic nitrogens is 2. The zero-order valence-corrected chi connectivity index (χ0v) is 17.8. The Kier molecular flexibility index (Phi) is 5.73. The second-order valence-corrected chi connectivity index (χ2v) is 8.47.